The van der Waals surface area contributed by atoms with Crippen LogP contribution in [0.1, 0.15) is 251 Å². The zero-order valence-corrected chi connectivity index (χ0v) is 88.8. The van der Waals surface area contributed by atoms with E-state index in [4.69, 9.17) is 33.2 Å². The lowest BCUT2D eigenvalue weighted by Crippen LogP contribution is -2.13. The van der Waals surface area contributed by atoms with Crippen LogP contribution >= 0.6 is 0 Å². The summed E-state index contributed by atoms with van der Waals surface area (Å²) >= 11 is 0. The van der Waals surface area contributed by atoms with Crippen molar-refractivity contribution in [1.29, 1.82) is 0 Å². The van der Waals surface area contributed by atoms with Gasteiger partial charge in [0.05, 0.1) is 30.2 Å². The first-order valence-electron chi connectivity index (χ1n) is 49.3. The number of aliphatic hydroxyl groups excluding tert-OH is 1. The van der Waals surface area contributed by atoms with Crippen LogP contribution in [-0.4, -0.2) is 47.2 Å². The molecule has 12 aromatic carbocycles. The SMILES string of the molecule is CCC(=O)Nc1cccc(C)c1COc1cc(C)c(C)cc1C.CCC(=O)Nc1cccc(C)c1COc1cc(C)c(C)cc1C.CCC(=O)Nc1cccc(CO)c1COc1cc(C)c(C)cc1C.CCC(=O)Nc1cccc(F)c1COc1cc(C)c(C)cc1CC.CCC(=O)Nc1ccccc1COc1cc(C)c(C)cc1CC.CCOc1cccc(NC(=O)CC)c1COc1cc(C)c(C)cc1C. The molecule has 12 aromatic rings. The first kappa shape index (κ1) is 115. The number of rotatable bonds is 35. The quantitative estimate of drug-likeness (QED) is 0.0195. The topological polar surface area (TPSA) is 259 Å². The molecule has 142 heavy (non-hydrogen) atoms. The number of amides is 6. The Labute approximate surface area is 843 Å². The van der Waals surface area contributed by atoms with Gasteiger partial charge in [0.1, 0.15) is 85.7 Å². The number of hydrogen-bond acceptors (Lipinski definition) is 14. The molecule has 0 bridgehead atoms. The summed E-state index contributed by atoms with van der Waals surface area (Å²) in [6.07, 6.45) is 4.34. The lowest BCUT2D eigenvalue weighted by atomic mass is 10.0. The highest BCUT2D eigenvalue weighted by Gasteiger charge is 2.21. The fraction of sp³-hybridized carbons (Fsp3) is 0.355. The molecule has 0 unspecified atom stereocenters. The van der Waals surface area contributed by atoms with E-state index in [9.17, 15) is 38.3 Å². The van der Waals surface area contributed by atoms with E-state index in [-0.39, 0.29) is 54.5 Å². The van der Waals surface area contributed by atoms with E-state index in [0.717, 1.165) is 154 Å². The van der Waals surface area contributed by atoms with Gasteiger partial charge in [-0.2, -0.15) is 0 Å². The Morgan fingerprint density at radius 1 is 0.225 bits per heavy atom. The minimum Gasteiger partial charge on any atom is -0.493 e. The number of carbonyl (C=O) groups is 6. The Bertz CT molecular complexity index is 6190. The van der Waals surface area contributed by atoms with Crippen LogP contribution in [0.4, 0.5) is 38.5 Å². The molecule has 0 atom stereocenters. The first-order valence-corrected chi connectivity index (χ1v) is 49.3. The molecule has 0 saturated heterocycles. The molecule has 21 heteroatoms. The third-order valence-corrected chi connectivity index (χ3v) is 24.9. The number of ether oxygens (including phenoxy) is 7. The van der Waals surface area contributed by atoms with E-state index in [1.54, 1.807) is 26.0 Å². The number of benzene rings is 12. The average Bonchev–Trinajstić information content (AvgIpc) is 0.752. The smallest absolute Gasteiger partial charge is 0.224 e. The molecule has 0 aliphatic rings. The normalized spacial score (nSPS) is 10.5. The van der Waals surface area contributed by atoms with Crippen molar-refractivity contribution in [3.8, 4) is 40.2 Å². The molecule has 0 saturated carbocycles. The summed E-state index contributed by atoms with van der Waals surface area (Å²) < 4.78 is 56.0. The summed E-state index contributed by atoms with van der Waals surface area (Å²) in [6, 6.07) is 60.5. The summed E-state index contributed by atoms with van der Waals surface area (Å²) in [4.78, 5) is 70.2. The van der Waals surface area contributed by atoms with E-state index in [1.165, 1.54) is 72.8 Å². The number of anilines is 6. The van der Waals surface area contributed by atoms with Crippen molar-refractivity contribution in [3.05, 3.63) is 344 Å². The fourth-order valence-electron chi connectivity index (χ4n) is 15.0. The van der Waals surface area contributed by atoms with Crippen LogP contribution in [0.25, 0.3) is 0 Å². The molecule has 0 spiro atoms. The highest BCUT2D eigenvalue weighted by Crippen LogP contribution is 2.36. The molecule has 0 aromatic heterocycles. The minimum absolute atomic E-state index is 0.0119. The Balaban J connectivity index is 0.000000231. The number of carbonyl (C=O) groups excluding carboxylic acids is 6. The van der Waals surface area contributed by atoms with E-state index in [2.05, 4.69) is 196 Å². The van der Waals surface area contributed by atoms with Gasteiger partial charge >= 0.3 is 0 Å². The second-order valence-corrected chi connectivity index (χ2v) is 35.7. The van der Waals surface area contributed by atoms with Crippen LogP contribution in [0.5, 0.6) is 40.2 Å². The predicted octanol–water partition coefficient (Wildman–Crippen LogP) is 28.4. The zero-order chi connectivity index (χ0) is 105. The Hall–Kier alpha value is -14.1. The van der Waals surface area contributed by atoms with Gasteiger partial charge in [0.25, 0.3) is 0 Å². The van der Waals surface area contributed by atoms with E-state index >= 15 is 0 Å². The monoisotopic (exact) mass is 1930 g/mol. The molecule has 12 rings (SSSR count). The average molecular weight is 1930 g/mol. The molecule has 7 N–H and O–H groups in total. The fourth-order valence-corrected chi connectivity index (χ4v) is 15.0. The van der Waals surface area contributed by atoms with E-state index in [0.29, 0.717) is 95.1 Å². The molecule has 756 valence electrons. The lowest BCUT2D eigenvalue weighted by molar-refractivity contribution is -0.116. The van der Waals surface area contributed by atoms with Crippen molar-refractivity contribution in [2.24, 2.45) is 0 Å². The maximum absolute atomic E-state index is 14.2. The van der Waals surface area contributed by atoms with Gasteiger partial charge in [-0.25, -0.2) is 4.39 Å². The number of para-hydroxylation sites is 1. The van der Waals surface area contributed by atoms with Gasteiger partial charge in [0, 0.05) is 89.1 Å². The molecule has 6 amide bonds. The van der Waals surface area contributed by atoms with E-state index in [1.807, 2.05) is 178 Å². The maximum Gasteiger partial charge on any atom is 0.224 e. The number of aliphatic hydroxyl groups is 1. The Morgan fingerprint density at radius 2 is 0.479 bits per heavy atom. The molecule has 0 radical (unpaired) electrons. The number of aryl methyl sites for hydroxylation is 20. The number of nitrogens with one attached hydrogen (secondary N) is 6. The summed E-state index contributed by atoms with van der Waals surface area (Å²) in [6.45, 7) is 56.7. The lowest BCUT2D eigenvalue weighted by Gasteiger charge is -2.17. The molecule has 0 aliphatic carbocycles. The van der Waals surface area contributed by atoms with Crippen LogP contribution in [0.2, 0.25) is 0 Å². The van der Waals surface area contributed by atoms with Gasteiger partial charge in [-0.1, -0.05) is 159 Å². The van der Waals surface area contributed by atoms with Crippen molar-refractivity contribution in [1.82, 2.24) is 0 Å². The van der Waals surface area contributed by atoms with Gasteiger partial charge in [-0.3, -0.25) is 28.8 Å². The van der Waals surface area contributed by atoms with Crippen LogP contribution in [0.3, 0.4) is 0 Å². The van der Waals surface area contributed by atoms with Crippen LogP contribution in [0, 0.1) is 130 Å². The second kappa shape index (κ2) is 57.6. The summed E-state index contributed by atoms with van der Waals surface area (Å²) in [5, 5.41) is 27.0. The van der Waals surface area contributed by atoms with Crippen LogP contribution in [0.15, 0.2) is 188 Å². The Kier molecular flexibility index (Phi) is 46.6. The summed E-state index contributed by atoms with van der Waals surface area (Å²) in [5.41, 5.74) is 33.8. The molecule has 20 nitrogen and oxygen atoms in total. The highest BCUT2D eigenvalue weighted by atomic mass is 19.1. The van der Waals surface area contributed by atoms with Gasteiger partial charge in [-0.15, -0.1) is 0 Å². The molecule has 0 fully saturated rings. The van der Waals surface area contributed by atoms with Crippen LogP contribution in [-0.2, 0) is 87.9 Å². The van der Waals surface area contributed by atoms with Crippen molar-refractivity contribution >= 4 is 69.6 Å². The number of hydrogen-bond donors (Lipinski definition) is 7. The molecule has 0 aliphatic heterocycles. The molecular weight excluding hydrogens is 1780 g/mol. The summed E-state index contributed by atoms with van der Waals surface area (Å²) in [7, 11) is 0. The van der Waals surface area contributed by atoms with Crippen molar-refractivity contribution in [2.45, 2.75) is 285 Å². The second-order valence-electron chi connectivity index (χ2n) is 35.7. The Morgan fingerprint density at radius 3 is 0.831 bits per heavy atom. The summed E-state index contributed by atoms with van der Waals surface area (Å²) in [5.74, 6) is 5.28. The van der Waals surface area contributed by atoms with E-state index < -0.39 is 0 Å². The van der Waals surface area contributed by atoms with Gasteiger partial charge in [-0.05, 0) is 346 Å². The van der Waals surface area contributed by atoms with Gasteiger partial charge < -0.3 is 70.2 Å². The number of halogens is 1. The van der Waals surface area contributed by atoms with Gasteiger partial charge in [0.2, 0.25) is 35.4 Å². The largest absolute Gasteiger partial charge is 0.493 e. The van der Waals surface area contributed by atoms with Gasteiger partial charge in [0.15, 0.2) is 0 Å². The minimum atomic E-state index is -0.384. The highest BCUT2D eigenvalue weighted by molar-refractivity contribution is 5.95. The van der Waals surface area contributed by atoms with Crippen molar-refractivity contribution in [2.75, 3.05) is 38.5 Å². The third kappa shape index (κ3) is 34.7. The predicted molar refractivity (Wildman–Crippen MR) is 578 cm³/mol. The first-order chi connectivity index (χ1) is 67.7. The molecule has 0 heterocycles. The van der Waals surface area contributed by atoms with Crippen molar-refractivity contribution in [3.63, 3.8) is 0 Å². The molecular formula is C121H151FN6O14. The van der Waals surface area contributed by atoms with Crippen LogP contribution < -0.4 is 65.1 Å². The zero-order valence-electron chi connectivity index (χ0n) is 88.8. The standard InChI is InChI=1S/C21H27NO3.C20H24FNO2.C20H25NO3.3C20H25NO2/c1-6-21(23)22-18-9-8-10-19(24-7-2)17(18)13-25-20-12-15(4)14(3)11-16(20)5;1-5-15-10-13(3)14(4)11-19(15)24-12-16-17(21)8-7-9-18(16)22-20(23)6-2;1-5-20(23)21-18-8-6-7-16(11-22)17(18)12-24-19-10-14(3)13(2)9-15(19)4;2*1-6-20(22)21-18-9-7-8-13(2)17(18)12-23-19-11-15(4)14(3)10-16(19)5;1-5-16-11-14(3)15(4)12-19(16)23-13-17-9-7-8-10-18(17)21-20(22)6-2/h8-12H,6-7,13H2,1-5H3,(H,22,23);7-11H,5-6,12H2,1-4H3,(H,22,23);6-10,22H,5,11-12H2,1-4H3,(H,21,23);2*7-11H,6,12H2,1-5H3,(H,21,22);7-12H,5-6,13H2,1-4H3,(H,21,22). The maximum atomic E-state index is 14.2. The third-order valence-electron chi connectivity index (χ3n) is 24.9. The van der Waals surface area contributed by atoms with Crippen molar-refractivity contribution < 1.29 is 71.4 Å².